The summed E-state index contributed by atoms with van der Waals surface area (Å²) in [4.78, 5) is 43.7. The number of para-hydroxylation sites is 1. The van der Waals surface area contributed by atoms with Gasteiger partial charge in [0.05, 0.1) is 5.56 Å². The van der Waals surface area contributed by atoms with E-state index in [-0.39, 0.29) is 23.3 Å². The molecule has 0 aliphatic carbocycles. The van der Waals surface area contributed by atoms with Crippen LogP contribution in [0.4, 0.5) is 0 Å². The minimum Gasteiger partial charge on any atom is -0.343 e. The minimum atomic E-state index is -0.279. The van der Waals surface area contributed by atoms with E-state index in [9.17, 15) is 14.4 Å². The Morgan fingerprint density at radius 1 is 1.15 bits per heavy atom. The van der Waals surface area contributed by atoms with Crippen LogP contribution in [0.25, 0.3) is 10.9 Å². The lowest BCUT2D eigenvalue weighted by molar-refractivity contribution is -0.136. The first-order chi connectivity index (χ1) is 12.5. The number of fused-ring (bicyclic) bond motifs is 1. The number of pyridine rings is 1. The van der Waals surface area contributed by atoms with Crippen molar-refractivity contribution in [1.82, 2.24) is 14.8 Å². The molecule has 1 aromatic heterocycles. The van der Waals surface area contributed by atoms with Crippen LogP contribution in [0.2, 0.25) is 0 Å². The molecule has 1 aliphatic rings. The molecule has 1 saturated heterocycles. The number of hydrogen-bond acceptors (Lipinski definition) is 3. The molecule has 26 heavy (non-hydrogen) atoms. The quantitative estimate of drug-likeness (QED) is 0.914. The molecule has 2 aromatic rings. The van der Waals surface area contributed by atoms with Gasteiger partial charge >= 0.3 is 0 Å². The van der Waals surface area contributed by atoms with Gasteiger partial charge in [-0.1, -0.05) is 18.2 Å². The number of nitrogens with one attached hydrogen (secondary N) is 1. The van der Waals surface area contributed by atoms with Crippen molar-refractivity contribution in [3.8, 4) is 0 Å². The summed E-state index contributed by atoms with van der Waals surface area (Å²) in [6.07, 6.45) is 1.34. The van der Waals surface area contributed by atoms with Crippen molar-refractivity contribution in [3.63, 3.8) is 0 Å². The zero-order chi connectivity index (χ0) is 18.7. The molecule has 3 rings (SSSR count). The van der Waals surface area contributed by atoms with E-state index >= 15 is 0 Å². The summed E-state index contributed by atoms with van der Waals surface area (Å²) < 4.78 is 0. The largest absolute Gasteiger partial charge is 0.343 e. The number of carbonyl (C=O) groups is 2. The van der Waals surface area contributed by atoms with Gasteiger partial charge in [0.25, 0.3) is 5.91 Å². The summed E-state index contributed by atoms with van der Waals surface area (Å²) >= 11 is 0. The van der Waals surface area contributed by atoms with Crippen LogP contribution in [0.1, 0.15) is 37.0 Å². The number of aromatic amines is 1. The summed E-state index contributed by atoms with van der Waals surface area (Å²) in [5.74, 6) is 0.0274. The summed E-state index contributed by atoms with van der Waals surface area (Å²) in [5, 5.41) is 0.749. The average Bonchev–Trinajstić information content (AvgIpc) is 2.67. The fourth-order valence-corrected chi connectivity index (χ4v) is 3.67. The number of aromatic nitrogens is 1. The predicted molar refractivity (Wildman–Crippen MR) is 101 cm³/mol. The molecule has 0 bridgehead atoms. The van der Waals surface area contributed by atoms with E-state index in [0.29, 0.717) is 50.1 Å². The van der Waals surface area contributed by atoms with Crippen LogP contribution in [-0.2, 0) is 4.79 Å². The molecule has 1 N–H and O–H groups in total. The number of hydrogen-bond donors (Lipinski definition) is 1. The van der Waals surface area contributed by atoms with Crippen molar-refractivity contribution >= 4 is 22.7 Å². The van der Waals surface area contributed by atoms with Gasteiger partial charge in [0, 0.05) is 49.1 Å². The van der Waals surface area contributed by atoms with Crippen molar-refractivity contribution < 1.29 is 9.59 Å². The third-order valence-corrected chi connectivity index (χ3v) is 5.19. The molecule has 0 spiro atoms. The minimum absolute atomic E-state index is 0.0186. The Hall–Kier alpha value is -2.63. The molecule has 0 atom stereocenters. The van der Waals surface area contributed by atoms with Gasteiger partial charge in [-0.05, 0) is 32.8 Å². The zero-order valence-corrected chi connectivity index (χ0v) is 15.3. The third kappa shape index (κ3) is 3.49. The number of amides is 2. The first kappa shape index (κ1) is 18.2. The van der Waals surface area contributed by atoms with E-state index in [1.807, 2.05) is 36.9 Å². The molecule has 0 unspecified atom stereocenters. The maximum absolute atomic E-state index is 13.0. The number of benzene rings is 1. The topological polar surface area (TPSA) is 73.5 Å². The van der Waals surface area contributed by atoms with E-state index in [2.05, 4.69) is 4.98 Å². The summed E-state index contributed by atoms with van der Waals surface area (Å²) in [6.45, 7) is 6.48. The number of likely N-dealkylation sites (tertiary alicyclic amines) is 1. The average molecular weight is 355 g/mol. The number of H-pyrrole nitrogens is 1. The van der Waals surface area contributed by atoms with E-state index in [1.165, 1.54) is 6.07 Å². The summed E-state index contributed by atoms with van der Waals surface area (Å²) in [6, 6.07) is 8.69. The van der Waals surface area contributed by atoms with Gasteiger partial charge in [0.2, 0.25) is 11.5 Å². The van der Waals surface area contributed by atoms with Gasteiger partial charge in [-0.25, -0.2) is 0 Å². The van der Waals surface area contributed by atoms with Crippen LogP contribution in [0.15, 0.2) is 35.1 Å². The summed E-state index contributed by atoms with van der Waals surface area (Å²) in [5.41, 5.74) is 0.812. The monoisotopic (exact) mass is 355 g/mol. The highest BCUT2D eigenvalue weighted by atomic mass is 16.2. The fourth-order valence-electron chi connectivity index (χ4n) is 3.67. The van der Waals surface area contributed by atoms with Crippen molar-refractivity contribution in [2.75, 3.05) is 26.2 Å². The molecule has 138 valence electrons. The maximum atomic E-state index is 13.0. The van der Waals surface area contributed by atoms with Crippen LogP contribution >= 0.6 is 0 Å². The summed E-state index contributed by atoms with van der Waals surface area (Å²) in [7, 11) is 0. The molecular formula is C20H25N3O3. The van der Waals surface area contributed by atoms with Crippen molar-refractivity contribution in [2.45, 2.75) is 26.7 Å². The number of rotatable bonds is 4. The molecule has 0 saturated carbocycles. The van der Waals surface area contributed by atoms with Gasteiger partial charge in [-0.2, -0.15) is 0 Å². The second-order valence-electron chi connectivity index (χ2n) is 6.67. The molecule has 1 fully saturated rings. The van der Waals surface area contributed by atoms with Gasteiger partial charge in [-0.3, -0.25) is 14.4 Å². The van der Waals surface area contributed by atoms with E-state index in [4.69, 9.17) is 0 Å². The Labute approximate surface area is 152 Å². The maximum Gasteiger partial charge on any atom is 0.254 e. The van der Waals surface area contributed by atoms with Crippen LogP contribution in [-0.4, -0.2) is 52.8 Å². The second-order valence-corrected chi connectivity index (χ2v) is 6.67. The van der Waals surface area contributed by atoms with Crippen molar-refractivity contribution in [2.24, 2.45) is 5.92 Å². The Balaban J connectivity index is 1.76. The SMILES string of the molecule is CCN(CC)C(=O)C1CCN(C(=O)c2cc(=O)[nH]c3ccccc23)CC1. The highest BCUT2D eigenvalue weighted by molar-refractivity contribution is 6.06. The Kier molecular flexibility index (Phi) is 5.40. The first-order valence-corrected chi connectivity index (χ1v) is 9.25. The molecular weight excluding hydrogens is 330 g/mol. The zero-order valence-electron chi connectivity index (χ0n) is 15.3. The van der Waals surface area contributed by atoms with Gasteiger partial charge in [0.1, 0.15) is 0 Å². The normalized spacial score (nSPS) is 15.2. The third-order valence-electron chi connectivity index (χ3n) is 5.19. The standard InChI is InChI=1S/C20H25N3O3/c1-3-22(4-2)19(25)14-9-11-23(12-10-14)20(26)16-13-18(24)21-17-8-6-5-7-15(16)17/h5-8,13-14H,3-4,9-12H2,1-2H3,(H,21,24). The number of nitrogens with zero attached hydrogens (tertiary/aromatic N) is 2. The van der Waals surface area contributed by atoms with Gasteiger partial charge in [-0.15, -0.1) is 0 Å². The predicted octanol–water partition coefficient (Wildman–Crippen LogP) is 2.25. The number of piperidine rings is 1. The Morgan fingerprint density at radius 2 is 1.81 bits per heavy atom. The van der Waals surface area contributed by atoms with Gasteiger partial charge in [0.15, 0.2) is 0 Å². The first-order valence-electron chi connectivity index (χ1n) is 9.25. The molecule has 6 heteroatoms. The number of carbonyl (C=O) groups excluding carboxylic acids is 2. The van der Waals surface area contributed by atoms with Crippen molar-refractivity contribution in [3.05, 3.63) is 46.2 Å². The van der Waals surface area contributed by atoms with Gasteiger partial charge < -0.3 is 14.8 Å². The highest BCUT2D eigenvalue weighted by Crippen LogP contribution is 2.23. The molecule has 1 aliphatic heterocycles. The highest BCUT2D eigenvalue weighted by Gasteiger charge is 2.30. The Bertz CT molecular complexity index is 862. The molecule has 0 radical (unpaired) electrons. The lowest BCUT2D eigenvalue weighted by atomic mass is 9.94. The van der Waals surface area contributed by atoms with E-state index in [0.717, 1.165) is 5.39 Å². The smallest absolute Gasteiger partial charge is 0.254 e. The molecule has 2 heterocycles. The second kappa shape index (κ2) is 7.72. The van der Waals surface area contributed by atoms with Crippen molar-refractivity contribution in [1.29, 1.82) is 0 Å². The Morgan fingerprint density at radius 3 is 2.46 bits per heavy atom. The van der Waals surface area contributed by atoms with Crippen LogP contribution in [0, 0.1) is 5.92 Å². The molecule has 6 nitrogen and oxygen atoms in total. The lowest BCUT2D eigenvalue weighted by Gasteiger charge is -2.34. The molecule has 2 amide bonds. The molecule has 1 aromatic carbocycles. The van der Waals surface area contributed by atoms with E-state index in [1.54, 1.807) is 11.0 Å². The van der Waals surface area contributed by atoms with E-state index < -0.39 is 0 Å². The van der Waals surface area contributed by atoms with Crippen LogP contribution in [0.5, 0.6) is 0 Å². The van der Waals surface area contributed by atoms with Crippen LogP contribution < -0.4 is 5.56 Å². The lowest BCUT2D eigenvalue weighted by Crippen LogP contribution is -2.44. The van der Waals surface area contributed by atoms with Crippen LogP contribution in [0.3, 0.4) is 0 Å². The fraction of sp³-hybridized carbons (Fsp3) is 0.450.